The Morgan fingerprint density at radius 2 is 2.14 bits per heavy atom. The Hall–Kier alpha value is -0.580. The molecule has 5 heteroatoms. The van der Waals surface area contributed by atoms with Crippen LogP contribution in [0.1, 0.15) is 31.5 Å². The molecule has 0 saturated heterocycles. The minimum atomic E-state index is 0.461. The van der Waals surface area contributed by atoms with E-state index in [4.69, 9.17) is 21.3 Å². The smallest absolute Gasteiger partial charge is 0.111 e. The minimum absolute atomic E-state index is 0.461. The van der Waals surface area contributed by atoms with Crippen molar-refractivity contribution in [2.24, 2.45) is 0 Å². The zero-order valence-corrected chi connectivity index (χ0v) is 14.4. The van der Waals surface area contributed by atoms with E-state index >= 15 is 0 Å². The first-order chi connectivity index (χ1) is 10.3. The van der Waals surface area contributed by atoms with Crippen LogP contribution in [0.25, 0.3) is 11.0 Å². The van der Waals surface area contributed by atoms with Crippen LogP contribution in [-0.2, 0) is 17.7 Å². The van der Waals surface area contributed by atoms with Gasteiger partial charge in [0.1, 0.15) is 5.82 Å². The van der Waals surface area contributed by atoms with E-state index in [9.17, 15) is 0 Å². The summed E-state index contributed by atoms with van der Waals surface area (Å²) in [6, 6.07) is 6.19. The lowest BCUT2D eigenvalue weighted by Gasteiger charge is -2.13. The molecule has 3 rings (SSSR count). The summed E-state index contributed by atoms with van der Waals surface area (Å²) in [4.78, 5) is 4.70. The van der Waals surface area contributed by atoms with Gasteiger partial charge in [-0.3, -0.25) is 0 Å². The van der Waals surface area contributed by atoms with Crippen LogP contribution in [0.2, 0.25) is 0 Å². The van der Waals surface area contributed by atoms with Gasteiger partial charge in [0.15, 0.2) is 0 Å². The van der Waals surface area contributed by atoms with Gasteiger partial charge >= 0.3 is 0 Å². The van der Waals surface area contributed by atoms with E-state index in [0.29, 0.717) is 12.0 Å². The molecule has 1 fully saturated rings. The largest absolute Gasteiger partial charge is 0.376 e. The number of hydrogen-bond acceptors (Lipinski definition) is 2. The van der Waals surface area contributed by atoms with Crippen LogP contribution in [0.15, 0.2) is 22.7 Å². The molecule has 0 N–H and O–H groups in total. The van der Waals surface area contributed by atoms with E-state index in [1.807, 2.05) is 12.1 Å². The molecule has 1 aliphatic carbocycles. The summed E-state index contributed by atoms with van der Waals surface area (Å²) in [5, 5.41) is 0. The molecular weight excluding hydrogens is 352 g/mol. The second kappa shape index (κ2) is 7.12. The van der Waals surface area contributed by atoms with Gasteiger partial charge in [-0.15, -0.1) is 11.6 Å². The second-order valence-corrected chi connectivity index (χ2v) is 6.82. The average molecular weight is 372 g/mol. The van der Waals surface area contributed by atoms with Crippen LogP contribution in [-0.4, -0.2) is 28.1 Å². The van der Waals surface area contributed by atoms with Gasteiger partial charge in [-0.2, -0.15) is 0 Å². The summed E-state index contributed by atoms with van der Waals surface area (Å²) < 4.78 is 9.32. The number of aromatic nitrogens is 2. The van der Waals surface area contributed by atoms with E-state index in [2.05, 4.69) is 26.6 Å². The maximum atomic E-state index is 6.00. The van der Waals surface area contributed by atoms with E-state index in [1.165, 1.54) is 25.7 Å². The highest BCUT2D eigenvalue weighted by atomic mass is 79.9. The summed E-state index contributed by atoms with van der Waals surface area (Å²) in [5.41, 5.74) is 2.18. The second-order valence-electron chi connectivity index (χ2n) is 5.53. The molecular formula is C16H20BrClN2O. The molecule has 0 aliphatic heterocycles. The zero-order chi connectivity index (χ0) is 14.7. The minimum Gasteiger partial charge on any atom is -0.376 e. The van der Waals surface area contributed by atoms with Gasteiger partial charge in [0.25, 0.3) is 0 Å². The lowest BCUT2D eigenvalue weighted by atomic mass is 10.3. The highest BCUT2D eigenvalue weighted by molar-refractivity contribution is 9.10. The van der Waals surface area contributed by atoms with E-state index < -0.39 is 0 Å². The Morgan fingerprint density at radius 1 is 1.33 bits per heavy atom. The fraction of sp³-hybridized carbons (Fsp3) is 0.562. The van der Waals surface area contributed by atoms with Crippen LogP contribution < -0.4 is 0 Å². The molecule has 0 radical (unpaired) electrons. The number of alkyl halides is 1. The van der Waals surface area contributed by atoms with Crippen molar-refractivity contribution in [3.63, 3.8) is 0 Å². The van der Waals surface area contributed by atoms with E-state index in [-0.39, 0.29) is 0 Å². The van der Waals surface area contributed by atoms with Gasteiger partial charge in [0, 0.05) is 23.3 Å². The van der Waals surface area contributed by atoms with Gasteiger partial charge in [-0.1, -0.05) is 28.8 Å². The lowest BCUT2D eigenvalue weighted by molar-refractivity contribution is 0.0531. The predicted molar refractivity (Wildman–Crippen MR) is 90.1 cm³/mol. The van der Waals surface area contributed by atoms with Gasteiger partial charge in [-0.25, -0.2) is 4.98 Å². The van der Waals surface area contributed by atoms with Gasteiger partial charge in [0.05, 0.1) is 23.7 Å². The maximum Gasteiger partial charge on any atom is 0.111 e. The normalized spacial score (nSPS) is 16.1. The summed E-state index contributed by atoms with van der Waals surface area (Å²) in [7, 11) is 0. The topological polar surface area (TPSA) is 27.1 Å². The van der Waals surface area contributed by atoms with Crippen molar-refractivity contribution in [2.45, 2.75) is 44.8 Å². The number of aryl methyl sites for hydroxylation is 1. The molecule has 0 spiro atoms. The Balaban J connectivity index is 1.77. The third-order valence-corrected chi connectivity index (χ3v) is 4.76. The van der Waals surface area contributed by atoms with Crippen LogP contribution in [0, 0.1) is 0 Å². The number of fused-ring (bicyclic) bond motifs is 1. The Labute approximate surface area is 138 Å². The van der Waals surface area contributed by atoms with Crippen molar-refractivity contribution in [1.82, 2.24) is 9.55 Å². The molecule has 0 bridgehead atoms. The number of benzene rings is 1. The van der Waals surface area contributed by atoms with Crippen LogP contribution >= 0.6 is 27.5 Å². The molecule has 1 aromatic heterocycles. The predicted octanol–water partition coefficient (Wildman–Crippen LogP) is 4.54. The average Bonchev–Trinajstić information content (AvgIpc) is 3.08. The maximum absolute atomic E-state index is 6.00. The number of ether oxygens (including phenoxy) is 1. The van der Waals surface area contributed by atoms with Gasteiger partial charge in [0.2, 0.25) is 0 Å². The van der Waals surface area contributed by atoms with Gasteiger partial charge in [-0.05, 0) is 31.0 Å². The molecule has 1 saturated carbocycles. The Morgan fingerprint density at radius 3 is 2.90 bits per heavy atom. The fourth-order valence-electron chi connectivity index (χ4n) is 3.04. The molecule has 0 amide bonds. The third kappa shape index (κ3) is 3.61. The van der Waals surface area contributed by atoms with Crippen molar-refractivity contribution in [3.8, 4) is 0 Å². The molecule has 21 heavy (non-hydrogen) atoms. The molecule has 3 nitrogen and oxygen atoms in total. The van der Waals surface area contributed by atoms with E-state index in [1.54, 1.807) is 0 Å². The van der Waals surface area contributed by atoms with Gasteiger partial charge < -0.3 is 9.30 Å². The molecule has 0 atom stereocenters. The lowest BCUT2D eigenvalue weighted by Crippen LogP contribution is -2.15. The summed E-state index contributed by atoms with van der Waals surface area (Å²) in [6.07, 6.45) is 6.29. The highest BCUT2D eigenvalue weighted by Crippen LogP contribution is 2.23. The van der Waals surface area contributed by atoms with Crippen LogP contribution in [0.5, 0.6) is 0 Å². The summed E-state index contributed by atoms with van der Waals surface area (Å²) in [6.45, 7) is 1.59. The highest BCUT2D eigenvalue weighted by Gasteiger charge is 2.16. The third-order valence-electron chi connectivity index (χ3n) is 4.08. The van der Waals surface area contributed by atoms with Crippen LogP contribution in [0.3, 0.4) is 0 Å². The molecule has 1 aromatic carbocycles. The van der Waals surface area contributed by atoms with Crippen molar-refractivity contribution in [1.29, 1.82) is 0 Å². The van der Waals surface area contributed by atoms with Crippen molar-refractivity contribution >= 4 is 38.6 Å². The number of halogens is 2. The monoisotopic (exact) mass is 370 g/mol. The summed E-state index contributed by atoms with van der Waals surface area (Å²) >= 11 is 9.45. The van der Waals surface area contributed by atoms with Crippen molar-refractivity contribution in [3.05, 3.63) is 28.5 Å². The molecule has 1 aliphatic rings. The Kier molecular flexibility index (Phi) is 5.19. The first-order valence-corrected chi connectivity index (χ1v) is 8.93. The number of nitrogens with zero attached hydrogens (tertiary/aromatic N) is 2. The standard InChI is InChI=1S/C16H20BrClN2O/c17-12-5-6-14-15(11-12)20(16(19-14)7-8-18)9-10-21-13-3-1-2-4-13/h5-6,11,13H,1-4,7-10H2. The number of hydrogen-bond donors (Lipinski definition) is 0. The van der Waals surface area contributed by atoms with Crippen molar-refractivity contribution in [2.75, 3.05) is 12.5 Å². The quantitative estimate of drug-likeness (QED) is 0.697. The number of rotatable bonds is 6. The van der Waals surface area contributed by atoms with Crippen molar-refractivity contribution < 1.29 is 4.74 Å². The summed E-state index contributed by atoms with van der Waals surface area (Å²) in [5.74, 6) is 1.64. The van der Waals surface area contributed by atoms with E-state index in [0.717, 1.165) is 40.9 Å². The zero-order valence-electron chi connectivity index (χ0n) is 12.0. The first kappa shape index (κ1) is 15.3. The first-order valence-electron chi connectivity index (χ1n) is 7.60. The molecule has 1 heterocycles. The van der Waals surface area contributed by atoms with Crippen LogP contribution in [0.4, 0.5) is 0 Å². The SMILES string of the molecule is ClCCc1nc2ccc(Br)cc2n1CCOC1CCCC1. The Bertz CT molecular complexity index is 608. The molecule has 0 unspecified atom stereocenters. The number of imidazole rings is 1. The molecule has 2 aromatic rings. The molecule has 114 valence electrons. The fourth-order valence-corrected chi connectivity index (χ4v) is 3.55.